The molecule has 0 unspecified atom stereocenters. The van der Waals surface area contributed by atoms with Crippen LogP contribution < -0.4 is 4.87 Å². The quantitative estimate of drug-likeness (QED) is 0.789. The fourth-order valence-electron chi connectivity index (χ4n) is 2.42. The maximum absolute atomic E-state index is 12.1. The second-order valence-electron chi connectivity index (χ2n) is 5.14. The standard InChI is InChI=1S/C16H13BrN2O4S/c1-8(15(21)23-2)19-14(20)13(24-16(19)22)5-9-7-18-12-4-3-10(17)6-11(9)12/h3-8,20H,1-2H3/t8-/m1/s1. The van der Waals surface area contributed by atoms with E-state index in [9.17, 15) is 14.7 Å². The molecule has 0 bridgehead atoms. The van der Waals surface area contributed by atoms with E-state index in [0.717, 1.165) is 37.2 Å². The van der Waals surface area contributed by atoms with Gasteiger partial charge in [0.2, 0.25) is 5.88 Å². The SMILES string of the molecule is COC(=O)[C@@H](C)n1c(O)c(C=C2C=Nc3ccc(Br)cc32)sc1=O. The van der Waals surface area contributed by atoms with Crippen LogP contribution in [0.25, 0.3) is 11.6 Å². The Morgan fingerprint density at radius 3 is 2.96 bits per heavy atom. The third-order valence-electron chi connectivity index (χ3n) is 3.67. The van der Waals surface area contributed by atoms with Crippen molar-refractivity contribution in [3.63, 3.8) is 0 Å². The van der Waals surface area contributed by atoms with Crippen molar-refractivity contribution in [1.82, 2.24) is 4.57 Å². The predicted octanol–water partition coefficient (Wildman–Crippen LogP) is 3.37. The van der Waals surface area contributed by atoms with Gasteiger partial charge in [0.25, 0.3) is 0 Å². The Hall–Kier alpha value is -2.19. The fourth-order valence-corrected chi connectivity index (χ4v) is 3.69. The van der Waals surface area contributed by atoms with Gasteiger partial charge in [-0.05, 0) is 31.2 Å². The molecule has 0 saturated heterocycles. The Morgan fingerprint density at radius 2 is 2.25 bits per heavy atom. The van der Waals surface area contributed by atoms with Crippen molar-refractivity contribution in [3.05, 3.63) is 42.8 Å². The lowest BCUT2D eigenvalue weighted by Crippen LogP contribution is -2.24. The zero-order valence-electron chi connectivity index (χ0n) is 12.8. The van der Waals surface area contributed by atoms with Gasteiger partial charge in [0.1, 0.15) is 6.04 Å². The Balaban J connectivity index is 2.05. The first-order chi connectivity index (χ1) is 11.4. The number of esters is 1. The molecule has 2 heterocycles. The summed E-state index contributed by atoms with van der Waals surface area (Å²) in [6.07, 6.45) is 3.36. The van der Waals surface area contributed by atoms with Gasteiger partial charge in [-0.3, -0.25) is 14.4 Å². The van der Waals surface area contributed by atoms with Crippen molar-refractivity contribution >= 4 is 56.8 Å². The smallest absolute Gasteiger partial charge is 0.328 e. The van der Waals surface area contributed by atoms with E-state index in [2.05, 4.69) is 25.7 Å². The minimum absolute atomic E-state index is 0.257. The first-order valence-electron chi connectivity index (χ1n) is 7.00. The summed E-state index contributed by atoms with van der Waals surface area (Å²) >= 11 is 4.28. The largest absolute Gasteiger partial charge is 0.493 e. The Morgan fingerprint density at radius 1 is 1.50 bits per heavy atom. The number of methoxy groups -OCH3 is 1. The Kier molecular flexibility index (Phi) is 4.42. The Bertz CT molecular complexity index is 942. The van der Waals surface area contributed by atoms with Gasteiger partial charge in [-0.25, -0.2) is 4.79 Å². The van der Waals surface area contributed by atoms with E-state index >= 15 is 0 Å². The number of halogens is 1. The van der Waals surface area contributed by atoms with Crippen LogP contribution in [0.1, 0.15) is 23.4 Å². The van der Waals surface area contributed by atoms with E-state index in [1.54, 1.807) is 12.3 Å². The Labute approximate surface area is 149 Å². The van der Waals surface area contributed by atoms with Gasteiger partial charge in [0.15, 0.2) is 0 Å². The molecular weight excluding hydrogens is 396 g/mol. The monoisotopic (exact) mass is 408 g/mol. The van der Waals surface area contributed by atoms with Crippen molar-refractivity contribution in [3.8, 4) is 5.88 Å². The highest BCUT2D eigenvalue weighted by molar-refractivity contribution is 9.10. The van der Waals surface area contributed by atoms with Crippen molar-refractivity contribution in [2.24, 2.45) is 4.99 Å². The summed E-state index contributed by atoms with van der Waals surface area (Å²) < 4.78 is 6.57. The molecule has 3 rings (SSSR count). The summed E-state index contributed by atoms with van der Waals surface area (Å²) in [6.45, 7) is 1.50. The number of nitrogens with zero attached hydrogens (tertiary/aromatic N) is 2. The fraction of sp³-hybridized carbons (Fsp3) is 0.188. The summed E-state index contributed by atoms with van der Waals surface area (Å²) in [5.74, 6) is -0.853. The van der Waals surface area contributed by atoms with E-state index in [4.69, 9.17) is 0 Å². The van der Waals surface area contributed by atoms with E-state index in [0.29, 0.717) is 4.88 Å². The average Bonchev–Trinajstić information content (AvgIpc) is 3.07. The second-order valence-corrected chi connectivity index (χ2v) is 7.05. The van der Waals surface area contributed by atoms with Crippen molar-refractivity contribution in [2.45, 2.75) is 13.0 Å². The van der Waals surface area contributed by atoms with Gasteiger partial charge in [0, 0.05) is 21.8 Å². The van der Waals surface area contributed by atoms with Crippen LogP contribution in [0.4, 0.5) is 5.69 Å². The molecule has 1 aliphatic heterocycles. The number of aliphatic imine (C=N–C) groups is 1. The lowest BCUT2D eigenvalue weighted by atomic mass is 10.1. The number of aromatic hydroxyl groups is 1. The molecule has 1 aliphatic rings. The zero-order valence-corrected chi connectivity index (χ0v) is 15.2. The first kappa shape index (κ1) is 16.7. The van der Waals surface area contributed by atoms with Crippen LogP contribution >= 0.6 is 27.3 Å². The number of rotatable bonds is 3. The number of carbonyl (C=O) groups is 1. The number of hydrogen-bond acceptors (Lipinski definition) is 6. The molecule has 24 heavy (non-hydrogen) atoms. The van der Waals surface area contributed by atoms with Crippen LogP contribution in [0.3, 0.4) is 0 Å². The van der Waals surface area contributed by atoms with E-state index in [-0.39, 0.29) is 5.88 Å². The van der Waals surface area contributed by atoms with Crippen LogP contribution in [0.2, 0.25) is 0 Å². The second kappa shape index (κ2) is 6.37. The molecular formula is C16H13BrN2O4S. The number of allylic oxidation sites excluding steroid dienone is 1. The third kappa shape index (κ3) is 2.83. The van der Waals surface area contributed by atoms with Crippen molar-refractivity contribution in [1.29, 1.82) is 0 Å². The summed E-state index contributed by atoms with van der Waals surface area (Å²) in [6, 6.07) is 4.79. The molecule has 0 radical (unpaired) electrons. The van der Waals surface area contributed by atoms with E-state index in [1.807, 2.05) is 18.2 Å². The number of thiazole rings is 1. The number of hydrogen-bond donors (Lipinski definition) is 1. The summed E-state index contributed by atoms with van der Waals surface area (Å²) in [7, 11) is 1.24. The summed E-state index contributed by atoms with van der Waals surface area (Å²) in [5, 5.41) is 10.4. The molecule has 1 N–H and O–H groups in total. The van der Waals surface area contributed by atoms with Gasteiger partial charge in [-0.1, -0.05) is 27.3 Å². The third-order valence-corrected chi connectivity index (χ3v) is 5.06. The molecule has 0 amide bonds. The van der Waals surface area contributed by atoms with Crippen LogP contribution in [0, 0.1) is 0 Å². The number of carbonyl (C=O) groups excluding carboxylic acids is 1. The highest BCUT2D eigenvalue weighted by atomic mass is 79.9. The zero-order chi connectivity index (χ0) is 17.4. The lowest BCUT2D eigenvalue weighted by molar-refractivity contribution is -0.144. The maximum Gasteiger partial charge on any atom is 0.328 e. The molecule has 8 heteroatoms. The molecule has 1 aromatic carbocycles. The van der Waals surface area contributed by atoms with Crippen LogP contribution in [-0.2, 0) is 9.53 Å². The molecule has 1 atom stereocenters. The molecule has 0 aliphatic carbocycles. The number of benzene rings is 1. The average molecular weight is 409 g/mol. The van der Waals surface area contributed by atoms with Gasteiger partial charge in [0.05, 0.1) is 17.7 Å². The molecule has 6 nitrogen and oxygen atoms in total. The lowest BCUT2D eigenvalue weighted by Gasteiger charge is -2.10. The molecule has 0 fully saturated rings. The van der Waals surface area contributed by atoms with Crippen LogP contribution in [-0.4, -0.2) is 29.0 Å². The first-order valence-corrected chi connectivity index (χ1v) is 8.61. The minimum Gasteiger partial charge on any atom is -0.493 e. The molecule has 1 aromatic heterocycles. The number of fused-ring (bicyclic) bond motifs is 1. The van der Waals surface area contributed by atoms with Crippen molar-refractivity contribution in [2.75, 3.05) is 7.11 Å². The van der Waals surface area contributed by atoms with Crippen molar-refractivity contribution < 1.29 is 14.6 Å². The predicted molar refractivity (Wildman–Crippen MR) is 97.1 cm³/mol. The summed E-state index contributed by atoms with van der Waals surface area (Å²) in [5.41, 5.74) is 2.50. The summed E-state index contributed by atoms with van der Waals surface area (Å²) in [4.78, 5) is 28.0. The molecule has 124 valence electrons. The highest BCUT2D eigenvalue weighted by Crippen LogP contribution is 2.36. The molecule has 2 aromatic rings. The van der Waals surface area contributed by atoms with Gasteiger partial charge >= 0.3 is 10.8 Å². The number of aromatic nitrogens is 1. The van der Waals surface area contributed by atoms with Crippen LogP contribution in [0.5, 0.6) is 5.88 Å². The molecule has 0 saturated carbocycles. The number of ether oxygens (including phenoxy) is 1. The minimum atomic E-state index is -0.899. The molecule has 0 spiro atoms. The topological polar surface area (TPSA) is 80.9 Å². The van der Waals surface area contributed by atoms with E-state index < -0.39 is 16.9 Å². The van der Waals surface area contributed by atoms with Crippen LogP contribution in [0.15, 0.2) is 32.5 Å². The normalized spacial score (nSPS) is 15.5. The van der Waals surface area contributed by atoms with Gasteiger partial charge in [-0.15, -0.1) is 0 Å². The van der Waals surface area contributed by atoms with Gasteiger partial charge in [-0.2, -0.15) is 0 Å². The van der Waals surface area contributed by atoms with Gasteiger partial charge < -0.3 is 9.84 Å². The highest BCUT2D eigenvalue weighted by Gasteiger charge is 2.24. The maximum atomic E-state index is 12.1. The van der Waals surface area contributed by atoms with E-state index in [1.165, 1.54) is 14.0 Å².